The molecule has 0 unspecified atom stereocenters. The Morgan fingerprint density at radius 2 is 1.75 bits per heavy atom. The van der Waals surface area contributed by atoms with E-state index in [1.54, 1.807) is 0 Å². The number of terminal acetylenes is 1. The van der Waals surface area contributed by atoms with E-state index >= 15 is 0 Å². The second kappa shape index (κ2) is 7.01. The van der Waals surface area contributed by atoms with Crippen LogP contribution in [0.2, 0.25) is 0 Å². The first-order valence-electron chi connectivity index (χ1n) is 6.28. The smallest absolute Gasteiger partial charge is 0.235 e. The van der Waals surface area contributed by atoms with E-state index in [4.69, 9.17) is 11.2 Å². The number of ether oxygens (including phenoxy) is 1. The Hall–Kier alpha value is -2.73. The van der Waals surface area contributed by atoms with E-state index in [9.17, 15) is 4.79 Å². The van der Waals surface area contributed by atoms with Crippen LogP contribution in [0.15, 0.2) is 54.6 Å². The lowest BCUT2D eigenvalue weighted by Gasteiger charge is -2.07. The van der Waals surface area contributed by atoms with Crippen LogP contribution in [-0.4, -0.2) is 5.91 Å². The molecule has 20 heavy (non-hydrogen) atoms. The molecule has 2 rings (SSSR count). The van der Waals surface area contributed by atoms with Crippen LogP contribution in [0, 0.1) is 12.5 Å². The third kappa shape index (κ3) is 4.18. The maximum Gasteiger partial charge on any atom is 0.235 e. The van der Waals surface area contributed by atoms with Crippen LogP contribution in [-0.2, 0) is 17.8 Å². The average Bonchev–Trinajstić information content (AvgIpc) is 2.48. The van der Waals surface area contributed by atoms with Crippen LogP contribution in [0.25, 0.3) is 0 Å². The zero-order valence-electron chi connectivity index (χ0n) is 11.0. The highest BCUT2D eigenvalue weighted by molar-refractivity contribution is 5.80. The molecule has 0 aliphatic carbocycles. The first kappa shape index (κ1) is 13.7. The molecule has 0 fully saturated rings. The van der Waals surface area contributed by atoms with Gasteiger partial charge in [0.25, 0.3) is 0 Å². The lowest BCUT2D eigenvalue weighted by atomic mass is 10.1. The first-order valence-corrected chi connectivity index (χ1v) is 6.28. The molecule has 2 aromatic rings. The molecule has 0 aromatic heterocycles. The highest BCUT2D eigenvalue weighted by Crippen LogP contribution is 2.14. The Labute approximate surface area is 118 Å². The summed E-state index contributed by atoms with van der Waals surface area (Å²) in [6.07, 6.45) is 5.27. The summed E-state index contributed by atoms with van der Waals surface area (Å²) in [6.45, 7) is 0.526. The highest BCUT2D eigenvalue weighted by Gasteiger charge is 2.02. The molecule has 0 spiro atoms. The Balaban J connectivity index is 1.89. The molecule has 1 amide bonds. The van der Waals surface area contributed by atoms with Crippen LogP contribution in [0.1, 0.15) is 11.1 Å². The van der Waals surface area contributed by atoms with E-state index in [0.29, 0.717) is 6.61 Å². The van der Waals surface area contributed by atoms with Gasteiger partial charge in [-0.1, -0.05) is 48.9 Å². The van der Waals surface area contributed by atoms with Gasteiger partial charge in [0, 0.05) is 6.04 Å². The highest BCUT2D eigenvalue weighted by atomic mass is 16.5. The third-order valence-electron chi connectivity index (χ3n) is 2.75. The van der Waals surface area contributed by atoms with E-state index in [1.165, 1.54) is 0 Å². The summed E-state index contributed by atoms with van der Waals surface area (Å²) in [4.78, 5) is 11.3. The van der Waals surface area contributed by atoms with Crippen molar-refractivity contribution >= 4 is 5.91 Å². The van der Waals surface area contributed by atoms with Crippen molar-refractivity contribution < 1.29 is 9.53 Å². The van der Waals surface area contributed by atoms with Crippen molar-refractivity contribution in [1.29, 1.82) is 0 Å². The van der Waals surface area contributed by atoms with E-state index in [2.05, 4.69) is 11.4 Å². The molecule has 0 saturated carbocycles. The number of rotatable bonds is 5. The van der Waals surface area contributed by atoms with Crippen LogP contribution < -0.4 is 10.1 Å². The molecule has 100 valence electrons. The standard InChI is InChI=1S/C17H15NO2/c1-2-18-17(19)12-14-8-10-16(11-9-14)20-13-15-6-4-3-5-7-15/h1,3-11H,12-13H2,(H,18,19). The normalized spacial score (nSPS) is 9.55. The predicted octanol–water partition coefficient (Wildman–Crippen LogP) is 2.52. The summed E-state index contributed by atoms with van der Waals surface area (Å²) in [5.74, 6) is 0.584. The SMILES string of the molecule is C#CNC(=O)Cc1ccc(OCc2ccccc2)cc1. The van der Waals surface area contributed by atoms with Crippen molar-refractivity contribution in [2.24, 2.45) is 0 Å². The molecule has 0 atom stereocenters. The van der Waals surface area contributed by atoms with E-state index in [0.717, 1.165) is 16.9 Å². The maximum atomic E-state index is 11.3. The van der Waals surface area contributed by atoms with Crippen LogP contribution in [0.4, 0.5) is 0 Å². The Morgan fingerprint density at radius 1 is 1.05 bits per heavy atom. The minimum absolute atomic E-state index is 0.189. The van der Waals surface area contributed by atoms with Crippen LogP contribution in [0.5, 0.6) is 5.75 Å². The van der Waals surface area contributed by atoms with Gasteiger partial charge in [-0.15, -0.1) is 0 Å². The summed E-state index contributed by atoms with van der Waals surface area (Å²) >= 11 is 0. The van der Waals surface area contributed by atoms with E-state index in [-0.39, 0.29) is 12.3 Å². The lowest BCUT2D eigenvalue weighted by Crippen LogP contribution is -2.19. The molecule has 0 saturated heterocycles. The Morgan fingerprint density at radius 3 is 2.40 bits per heavy atom. The fourth-order valence-electron chi connectivity index (χ4n) is 1.75. The molecule has 3 nitrogen and oxygen atoms in total. The van der Waals surface area contributed by atoms with Gasteiger partial charge in [-0.3, -0.25) is 10.1 Å². The second-order valence-corrected chi connectivity index (χ2v) is 4.29. The molecule has 0 aliphatic heterocycles. The van der Waals surface area contributed by atoms with Gasteiger partial charge in [0.05, 0.1) is 6.42 Å². The summed E-state index contributed by atoms with van der Waals surface area (Å²) in [7, 11) is 0. The molecular weight excluding hydrogens is 250 g/mol. The van der Waals surface area contributed by atoms with Crippen molar-refractivity contribution in [1.82, 2.24) is 5.32 Å². The van der Waals surface area contributed by atoms with Gasteiger partial charge in [-0.2, -0.15) is 0 Å². The topological polar surface area (TPSA) is 38.3 Å². The molecule has 0 bridgehead atoms. The summed E-state index contributed by atoms with van der Waals surface area (Å²) in [5.41, 5.74) is 2.01. The molecular formula is C17H15NO2. The number of benzene rings is 2. The van der Waals surface area contributed by atoms with Crippen molar-refractivity contribution in [2.75, 3.05) is 0 Å². The van der Waals surface area contributed by atoms with E-state index < -0.39 is 0 Å². The zero-order valence-corrected chi connectivity index (χ0v) is 11.0. The summed E-state index contributed by atoms with van der Waals surface area (Å²) in [5, 5.41) is 2.31. The number of carbonyl (C=O) groups excluding carboxylic acids is 1. The number of amides is 1. The Bertz CT molecular complexity index is 597. The third-order valence-corrected chi connectivity index (χ3v) is 2.75. The monoisotopic (exact) mass is 265 g/mol. The van der Waals surface area contributed by atoms with Gasteiger partial charge >= 0.3 is 0 Å². The van der Waals surface area contributed by atoms with Crippen LogP contribution >= 0.6 is 0 Å². The van der Waals surface area contributed by atoms with Gasteiger partial charge in [-0.05, 0) is 23.3 Å². The number of hydrogen-bond donors (Lipinski definition) is 1. The quantitative estimate of drug-likeness (QED) is 0.666. The van der Waals surface area contributed by atoms with Gasteiger partial charge in [-0.25, -0.2) is 0 Å². The molecule has 0 aliphatic rings. The van der Waals surface area contributed by atoms with Crippen molar-refractivity contribution in [3.63, 3.8) is 0 Å². The second-order valence-electron chi connectivity index (χ2n) is 4.29. The largest absolute Gasteiger partial charge is 0.489 e. The Kier molecular flexibility index (Phi) is 4.80. The van der Waals surface area contributed by atoms with Gasteiger partial charge < -0.3 is 4.74 Å². The minimum Gasteiger partial charge on any atom is -0.489 e. The van der Waals surface area contributed by atoms with Crippen molar-refractivity contribution in [2.45, 2.75) is 13.0 Å². The van der Waals surface area contributed by atoms with Gasteiger partial charge in [0.1, 0.15) is 12.4 Å². The maximum absolute atomic E-state index is 11.3. The lowest BCUT2D eigenvalue weighted by molar-refractivity contribution is -0.119. The zero-order chi connectivity index (χ0) is 14.2. The molecule has 1 N–H and O–H groups in total. The van der Waals surface area contributed by atoms with Crippen molar-refractivity contribution in [3.05, 3.63) is 65.7 Å². The number of carbonyl (C=O) groups is 1. The number of hydrogen-bond acceptors (Lipinski definition) is 2. The first-order chi connectivity index (χ1) is 9.78. The molecule has 3 heteroatoms. The fraction of sp³-hybridized carbons (Fsp3) is 0.118. The van der Waals surface area contributed by atoms with Gasteiger partial charge in [0.15, 0.2) is 0 Å². The molecule has 0 radical (unpaired) electrons. The van der Waals surface area contributed by atoms with Gasteiger partial charge in [0.2, 0.25) is 5.91 Å². The van der Waals surface area contributed by atoms with Crippen molar-refractivity contribution in [3.8, 4) is 18.2 Å². The summed E-state index contributed by atoms with van der Waals surface area (Å²) < 4.78 is 5.67. The molecule has 2 aromatic carbocycles. The predicted molar refractivity (Wildman–Crippen MR) is 77.9 cm³/mol. The summed E-state index contributed by atoms with van der Waals surface area (Å²) in [6, 6.07) is 19.5. The van der Waals surface area contributed by atoms with Crippen LogP contribution in [0.3, 0.4) is 0 Å². The molecule has 0 heterocycles. The number of nitrogens with one attached hydrogen (secondary N) is 1. The average molecular weight is 265 g/mol. The minimum atomic E-state index is -0.189. The fourth-order valence-corrected chi connectivity index (χ4v) is 1.75. The van der Waals surface area contributed by atoms with E-state index in [1.807, 2.05) is 54.6 Å².